The predicted octanol–water partition coefficient (Wildman–Crippen LogP) is 3.62. The normalized spacial score (nSPS) is 12.6. The lowest BCUT2D eigenvalue weighted by molar-refractivity contribution is 0.172. The van der Waals surface area contributed by atoms with Crippen LogP contribution < -0.4 is 15.4 Å². The van der Waals surface area contributed by atoms with Gasteiger partial charge in [-0.15, -0.1) is 0 Å². The molecule has 0 saturated heterocycles. The van der Waals surface area contributed by atoms with E-state index in [1.807, 2.05) is 6.92 Å². The zero-order valence-corrected chi connectivity index (χ0v) is 20.0. The van der Waals surface area contributed by atoms with Crippen LogP contribution in [-0.2, 0) is 17.8 Å². The highest BCUT2D eigenvalue weighted by Gasteiger charge is 2.09. The number of hydrogen-bond acceptors (Lipinski definition) is 4. The monoisotopic (exact) mass is 429 g/mol. The molecule has 2 N–H and O–H groups in total. The topological polar surface area (TPSA) is 72.7 Å². The Kier molecular flexibility index (Phi) is 10.4. The summed E-state index contributed by atoms with van der Waals surface area (Å²) >= 11 is 0. The minimum Gasteiger partial charge on any atom is -0.493 e. The molecule has 7 heteroatoms. The van der Waals surface area contributed by atoms with Crippen LogP contribution in [0.2, 0.25) is 0 Å². The van der Waals surface area contributed by atoms with Crippen LogP contribution in [0.25, 0.3) is 0 Å². The molecule has 1 atom stereocenters. The number of aryl methyl sites for hydroxylation is 3. The van der Waals surface area contributed by atoms with E-state index in [2.05, 4.69) is 72.4 Å². The maximum absolute atomic E-state index is 5.99. The number of methoxy groups -OCH3 is 1. The Morgan fingerprint density at radius 2 is 1.97 bits per heavy atom. The molecule has 0 aliphatic heterocycles. The summed E-state index contributed by atoms with van der Waals surface area (Å²) in [5, 5.41) is 11.4. The van der Waals surface area contributed by atoms with E-state index in [-0.39, 0.29) is 0 Å². The Hall–Kier alpha value is -2.54. The molecular weight excluding hydrogens is 390 g/mol. The number of aliphatic imine (C=N–C) groups is 1. The molecule has 0 aliphatic rings. The second kappa shape index (κ2) is 13.0. The Bertz CT molecular complexity index is 831. The fourth-order valence-corrected chi connectivity index (χ4v) is 3.31. The van der Waals surface area contributed by atoms with Crippen LogP contribution in [-0.4, -0.2) is 49.2 Å². The quantitative estimate of drug-likeness (QED) is 0.306. The van der Waals surface area contributed by atoms with Crippen molar-refractivity contribution in [2.24, 2.45) is 10.9 Å². The van der Waals surface area contributed by atoms with E-state index in [9.17, 15) is 0 Å². The van der Waals surface area contributed by atoms with Gasteiger partial charge in [-0.1, -0.05) is 19.1 Å². The van der Waals surface area contributed by atoms with E-state index < -0.39 is 0 Å². The van der Waals surface area contributed by atoms with Gasteiger partial charge in [0.05, 0.1) is 18.8 Å². The molecule has 0 spiro atoms. The Balaban J connectivity index is 1.96. The minimum absolute atomic E-state index is 0.418. The summed E-state index contributed by atoms with van der Waals surface area (Å²) in [7, 11) is 1.71. The van der Waals surface area contributed by atoms with E-state index in [1.54, 1.807) is 7.11 Å². The Labute approximate surface area is 187 Å². The molecule has 1 aromatic heterocycles. The van der Waals surface area contributed by atoms with Crippen molar-refractivity contribution in [1.82, 2.24) is 20.4 Å². The number of guanidine groups is 1. The number of hydrogen-bond donors (Lipinski definition) is 2. The van der Waals surface area contributed by atoms with Gasteiger partial charge in [0.2, 0.25) is 0 Å². The second-order valence-corrected chi connectivity index (χ2v) is 8.10. The van der Waals surface area contributed by atoms with Crippen molar-refractivity contribution >= 4 is 5.96 Å². The fraction of sp³-hybridized carbons (Fsp3) is 0.583. The summed E-state index contributed by atoms with van der Waals surface area (Å²) < 4.78 is 13.2. The maximum Gasteiger partial charge on any atom is 0.191 e. The van der Waals surface area contributed by atoms with Gasteiger partial charge in [0, 0.05) is 51.0 Å². The Morgan fingerprint density at radius 3 is 2.65 bits per heavy atom. The first-order chi connectivity index (χ1) is 14.9. The molecule has 31 heavy (non-hydrogen) atoms. The molecule has 1 unspecified atom stereocenters. The minimum atomic E-state index is 0.418. The van der Waals surface area contributed by atoms with Crippen LogP contribution in [0.4, 0.5) is 0 Å². The van der Waals surface area contributed by atoms with Crippen molar-refractivity contribution in [2.75, 3.05) is 33.4 Å². The molecule has 1 heterocycles. The van der Waals surface area contributed by atoms with Gasteiger partial charge in [-0.05, 0) is 51.3 Å². The molecule has 1 aromatic carbocycles. The van der Waals surface area contributed by atoms with Gasteiger partial charge >= 0.3 is 0 Å². The highest BCUT2D eigenvalue weighted by atomic mass is 16.5. The van der Waals surface area contributed by atoms with Crippen LogP contribution in [0.15, 0.2) is 29.3 Å². The van der Waals surface area contributed by atoms with E-state index >= 15 is 0 Å². The number of aromatic nitrogens is 2. The molecule has 0 saturated carbocycles. The van der Waals surface area contributed by atoms with Gasteiger partial charge in [0.1, 0.15) is 5.75 Å². The second-order valence-electron chi connectivity index (χ2n) is 8.10. The third-order valence-corrected chi connectivity index (χ3v) is 4.93. The smallest absolute Gasteiger partial charge is 0.191 e. The van der Waals surface area contributed by atoms with Crippen LogP contribution >= 0.6 is 0 Å². The van der Waals surface area contributed by atoms with Crippen molar-refractivity contribution in [3.05, 3.63) is 46.8 Å². The van der Waals surface area contributed by atoms with Crippen molar-refractivity contribution < 1.29 is 9.47 Å². The number of nitrogens with zero attached hydrogens (tertiary/aromatic N) is 3. The van der Waals surface area contributed by atoms with E-state index in [4.69, 9.17) is 14.5 Å². The fourth-order valence-electron chi connectivity index (χ4n) is 3.31. The van der Waals surface area contributed by atoms with E-state index in [0.717, 1.165) is 49.0 Å². The van der Waals surface area contributed by atoms with Gasteiger partial charge < -0.3 is 20.1 Å². The maximum atomic E-state index is 5.99. The van der Waals surface area contributed by atoms with Crippen LogP contribution in [0.5, 0.6) is 5.75 Å². The number of ether oxygens (including phenoxy) is 2. The standard InChI is InChI=1S/C24H39N5O2/c1-7-25-24(26-15-19(3)17-29-21(5)14-20(4)28-29)27-16-22-10-9-18(2)13-23(22)31-12-8-11-30-6/h9-10,13-14,19H,7-8,11-12,15-17H2,1-6H3,(H2,25,26,27). The van der Waals surface area contributed by atoms with Crippen LogP contribution in [0, 0.1) is 26.7 Å². The first-order valence-electron chi connectivity index (χ1n) is 11.2. The lowest BCUT2D eigenvalue weighted by Crippen LogP contribution is -2.40. The highest BCUT2D eigenvalue weighted by Crippen LogP contribution is 2.21. The predicted molar refractivity (Wildman–Crippen MR) is 127 cm³/mol. The lowest BCUT2D eigenvalue weighted by Gasteiger charge is -2.17. The largest absolute Gasteiger partial charge is 0.493 e. The highest BCUT2D eigenvalue weighted by molar-refractivity contribution is 5.79. The number of rotatable bonds is 12. The number of nitrogens with one attached hydrogen (secondary N) is 2. The first kappa shape index (κ1) is 24.7. The lowest BCUT2D eigenvalue weighted by atomic mass is 10.1. The van der Waals surface area contributed by atoms with Crippen molar-refractivity contribution in [1.29, 1.82) is 0 Å². The van der Waals surface area contributed by atoms with E-state index in [1.165, 1.54) is 11.3 Å². The third-order valence-electron chi connectivity index (χ3n) is 4.93. The average Bonchev–Trinajstić information content (AvgIpc) is 3.05. The molecule has 2 rings (SSSR count). The summed E-state index contributed by atoms with van der Waals surface area (Å²) in [5.41, 5.74) is 4.52. The van der Waals surface area contributed by atoms with Crippen molar-refractivity contribution in [3.63, 3.8) is 0 Å². The Morgan fingerprint density at radius 1 is 1.16 bits per heavy atom. The molecule has 2 aromatic rings. The summed E-state index contributed by atoms with van der Waals surface area (Å²) in [6.45, 7) is 14.9. The zero-order chi connectivity index (χ0) is 22.6. The summed E-state index contributed by atoms with van der Waals surface area (Å²) in [6.07, 6.45) is 0.866. The zero-order valence-electron chi connectivity index (χ0n) is 20.0. The van der Waals surface area contributed by atoms with Gasteiger partial charge in [0.15, 0.2) is 5.96 Å². The summed E-state index contributed by atoms with van der Waals surface area (Å²) in [4.78, 5) is 4.79. The molecule has 172 valence electrons. The summed E-state index contributed by atoms with van der Waals surface area (Å²) in [5.74, 6) is 2.13. The van der Waals surface area contributed by atoms with Crippen molar-refractivity contribution in [3.8, 4) is 5.75 Å². The van der Waals surface area contributed by atoms with Gasteiger partial charge in [-0.3, -0.25) is 4.68 Å². The molecular formula is C24H39N5O2. The molecule has 7 nitrogen and oxygen atoms in total. The van der Waals surface area contributed by atoms with Gasteiger partial charge in [0.25, 0.3) is 0 Å². The van der Waals surface area contributed by atoms with Gasteiger partial charge in [-0.2, -0.15) is 5.10 Å². The third kappa shape index (κ3) is 8.61. The van der Waals surface area contributed by atoms with Gasteiger partial charge in [-0.25, -0.2) is 4.99 Å². The van der Waals surface area contributed by atoms with Crippen LogP contribution in [0.1, 0.15) is 42.8 Å². The first-order valence-corrected chi connectivity index (χ1v) is 11.2. The molecule has 0 fully saturated rings. The van der Waals surface area contributed by atoms with Crippen LogP contribution in [0.3, 0.4) is 0 Å². The van der Waals surface area contributed by atoms with Crippen molar-refractivity contribution in [2.45, 2.75) is 54.1 Å². The SMILES string of the molecule is CCNC(=NCc1ccc(C)cc1OCCCOC)NCC(C)Cn1nc(C)cc1C. The number of benzene rings is 1. The summed E-state index contributed by atoms with van der Waals surface area (Å²) in [6, 6.07) is 8.39. The van der Waals surface area contributed by atoms with E-state index in [0.29, 0.717) is 25.7 Å². The molecule has 0 radical (unpaired) electrons. The molecule has 0 bridgehead atoms. The molecule has 0 amide bonds. The average molecular weight is 430 g/mol. The molecule has 0 aliphatic carbocycles.